The Labute approximate surface area is 176 Å². The van der Waals surface area contributed by atoms with E-state index in [1.807, 2.05) is 0 Å². The molecule has 27 heavy (non-hydrogen) atoms. The highest BCUT2D eigenvalue weighted by Crippen LogP contribution is 2.62. The van der Waals surface area contributed by atoms with Gasteiger partial charge in [-0.05, 0) is 26.2 Å². The van der Waals surface area contributed by atoms with E-state index in [9.17, 15) is 4.57 Å². The maximum Gasteiger partial charge on any atom is 0.277 e. The van der Waals surface area contributed by atoms with E-state index < -0.39 is 7.52 Å². The Kier molecular flexibility index (Phi) is 11.4. The minimum absolute atomic E-state index is 0. The topological polar surface area (TPSA) is 29.5 Å². The minimum atomic E-state index is -2.83. The third kappa shape index (κ3) is 7.00. The lowest BCUT2D eigenvalue weighted by Crippen LogP contribution is -3.00. The maximum atomic E-state index is 13.8. The van der Waals surface area contributed by atoms with Crippen molar-refractivity contribution in [3.8, 4) is 0 Å². The number of likely N-dealkylation sites (tertiary alicyclic amines) is 1. The number of halogens is 1. The first-order valence-corrected chi connectivity index (χ1v) is 11.3. The van der Waals surface area contributed by atoms with Gasteiger partial charge in [0.05, 0.1) is 37.9 Å². The average molecular weight is 427 g/mol. The van der Waals surface area contributed by atoms with E-state index in [4.69, 9.17) is 4.52 Å². The van der Waals surface area contributed by atoms with Gasteiger partial charge in [0.1, 0.15) is 0 Å². The summed E-state index contributed by atoms with van der Waals surface area (Å²) in [5.74, 6) is 0. The zero-order valence-electron chi connectivity index (χ0n) is 17.5. The SMILES string of the molecule is C.C.CC(C)(C)COP(=O)(N1CCC([N+]2(C)CCCC2)CC1)C(C)(C)C.[Cl-]. The van der Waals surface area contributed by atoms with E-state index in [2.05, 4.69) is 53.3 Å². The van der Waals surface area contributed by atoms with Gasteiger partial charge < -0.3 is 21.4 Å². The van der Waals surface area contributed by atoms with Crippen molar-refractivity contribution in [2.24, 2.45) is 5.41 Å². The summed E-state index contributed by atoms with van der Waals surface area (Å²) in [6, 6.07) is 0.736. The van der Waals surface area contributed by atoms with Crippen LogP contribution in [0.2, 0.25) is 0 Å². The van der Waals surface area contributed by atoms with Crippen LogP contribution in [0.15, 0.2) is 0 Å². The van der Waals surface area contributed by atoms with Crippen LogP contribution in [0.25, 0.3) is 0 Å². The molecular formula is C21H48ClN2O2P. The summed E-state index contributed by atoms with van der Waals surface area (Å²) < 4.78 is 23.4. The van der Waals surface area contributed by atoms with Gasteiger partial charge >= 0.3 is 0 Å². The van der Waals surface area contributed by atoms with Gasteiger partial charge in [-0.3, -0.25) is 4.57 Å². The van der Waals surface area contributed by atoms with Crippen LogP contribution in [0.3, 0.4) is 0 Å². The molecule has 0 spiro atoms. The number of nitrogens with zero attached hydrogens (tertiary/aromatic N) is 2. The standard InChI is InChI=1S/C19H40N2O2P.2CH4.ClH/c1-18(2,3)16-23-24(22,19(4,5)6)20-12-10-17(11-13-20)21(7)14-8-9-15-21;;;/h17H,8-16H2,1-7H3;2*1H4;1H/q+1;;;/p-1. The van der Waals surface area contributed by atoms with Gasteiger partial charge in [0, 0.05) is 38.8 Å². The minimum Gasteiger partial charge on any atom is -1.00 e. The highest BCUT2D eigenvalue weighted by Gasteiger charge is 2.47. The summed E-state index contributed by atoms with van der Waals surface area (Å²) in [4.78, 5) is 0. The molecule has 6 heteroatoms. The van der Waals surface area contributed by atoms with Crippen molar-refractivity contribution < 1.29 is 26.0 Å². The lowest BCUT2D eigenvalue weighted by atomic mass is 9.99. The van der Waals surface area contributed by atoms with Gasteiger partial charge in [-0.15, -0.1) is 0 Å². The molecule has 2 heterocycles. The van der Waals surface area contributed by atoms with E-state index in [0.717, 1.165) is 32.0 Å². The highest BCUT2D eigenvalue weighted by atomic mass is 35.5. The van der Waals surface area contributed by atoms with E-state index in [0.29, 0.717) is 6.61 Å². The molecule has 0 aromatic rings. The Hall–Kier alpha value is 0.400. The smallest absolute Gasteiger partial charge is 0.277 e. The highest BCUT2D eigenvalue weighted by molar-refractivity contribution is 7.58. The Balaban J connectivity index is 0. The summed E-state index contributed by atoms with van der Waals surface area (Å²) in [5.41, 5.74) is 0.0352. The van der Waals surface area contributed by atoms with Gasteiger partial charge in [0.2, 0.25) is 0 Å². The molecule has 0 aromatic carbocycles. The second-order valence-corrected chi connectivity index (χ2v) is 13.6. The molecular weight excluding hydrogens is 379 g/mol. The van der Waals surface area contributed by atoms with Crippen molar-refractivity contribution in [1.82, 2.24) is 4.67 Å². The molecule has 2 rings (SSSR count). The average Bonchev–Trinajstić information content (AvgIpc) is 2.91. The molecule has 0 saturated carbocycles. The largest absolute Gasteiger partial charge is 1.00 e. The predicted molar refractivity (Wildman–Crippen MR) is 116 cm³/mol. The molecule has 2 aliphatic heterocycles. The van der Waals surface area contributed by atoms with Gasteiger partial charge in [-0.2, -0.15) is 0 Å². The molecule has 0 aliphatic carbocycles. The van der Waals surface area contributed by atoms with Crippen LogP contribution in [0.1, 0.15) is 82.1 Å². The van der Waals surface area contributed by atoms with Crippen molar-refractivity contribution >= 4 is 7.52 Å². The summed E-state index contributed by atoms with van der Waals surface area (Å²) >= 11 is 0. The normalized spacial score (nSPS) is 23.5. The first-order chi connectivity index (χ1) is 10.9. The Morgan fingerprint density at radius 1 is 1.00 bits per heavy atom. The summed E-state index contributed by atoms with van der Waals surface area (Å²) in [6.45, 7) is 17.7. The molecule has 4 nitrogen and oxygen atoms in total. The third-order valence-electron chi connectivity index (χ3n) is 5.80. The number of hydrogen-bond acceptors (Lipinski definition) is 2. The quantitative estimate of drug-likeness (QED) is 0.511. The fraction of sp³-hybridized carbons (Fsp3) is 1.00. The zero-order chi connectivity index (χ0) is 18.2. The van der Waals surface area contributed by atoms with Crippen LogP contribution in [0.5, 0.6) is 0 Å². The lowest BCUT2D eigenvalue weighted by Gasteiger charge is -2.46. The lowest BCUT2D eigenvalue weighted by molar-refractivity contribution is -0.923. The van der Waals surface area contributed by atoms with Gasteiger partial charge in [-0.25, -0.2) is 4.67 Å². The molecule has 0 radical (unpaired) electrons. The molecule has 0 amide bonds. The van der Waals surface area contributed by atoms with Crippen LogP contribution in [-0.2, 0) is 9.09 Å². The van der Waals surface area contributed by atoms with Crippen molar-refractivity contribution in [3.05, 3.63) is 0 Å². The first-order valence-electron chi connectivity index (χ1n) is 9.72. The van der Waals surface area contributed by atoms with Crippen molar-refractivity contribution in [1.29, 1.82) is 0 Å². The van der Waals surface area contributed by atoms with Crippen molar-refractivity contribution in [2.45, 2.75) is 93.3 Å². The molecule has 0 N–H and O–H groups in total. The Morgan fingerprint density at radius 2 is 1.44 bits per heavy atom. The summed E-state index contributed by atoms with van der Waals surface area (Å²) in [7, 11) is -0.405. The fourth-order valence-corrected chi connectivity index (χ4v) is 6.86. The van der Waals surface area contributed by atoms with Crippen molar-refractivity contribution in [2.75, 3.05) is 39.8 Å². The molecule has 2 saturated heterocycles. The van der Waals surface area contributed by atoms with Crippen LogP contribution in [-0.4, -0.2) is 60.2 Å². The molecule has 166 valence electrons. The molecule has 1 unspecified atom stereocenters. The molecule has 0 aromatic heterocycles. The van der Waals surface area contributed by atoms with Gasteiger partial charge in [0.25, 0.3) is 7.52 Å². The number of hydrogen-bond donors (Lipinski definition) is 0. The number of piperidine rings is 1. The van der Waals surface area contributed by atoms with Crippen LogP contribution in [0.4, 0.5) is 0 Å². The summed E-state index contributed by atoms with van der Waals surface area (Å²) in [6.07, 6.45) is 5.03. The maximum absolute atomic E-state index is 13.8. The first kappa shape index (κ1) is 29.6. The van der Waals surface area contributed by atoms with Gasteiger partial charge in [0.15, 0.2) is 0 Å². The Bertz CT molecular complexity index is 472. The molecule has 0 bridgehead atoms. The van der Waals surface area contributed by atoms with E-state index >= 15 is 0 Å². The third-order valence-corrected chi connectivity index (χ3v) is 9.12. The second kappa shape index (κ2) is 10.4. The van der Waals surface area contributed by atoms with Crippen LogP contribution >= 0.6 is 7.52 Å². The zero-order valence-corrected chi connectivity index (χ0v) is 19.1. The molecule has 1 atom stereocenters. The second-order valence-electron chi connectivity index (χ2n) is 10.3. The van der Waals surface area contributed by atoms with Crippen LogP contribution in [0, 0.1) is 5.41 Å². The van der Waals surface area contributed by atoms with Crippen LogP contribution < -0.4 is 12.4 Å². The predicted octanol–water partition coefficient (Wildman–Crippen LogP) is 3.02. The number of rotatable bonds is 4. The monoisotopic (exact) mass is 426 g/mol. The van der Waals surface area contributed by atoms with Crippen molar-refractivity contribution in [3.63, 3.8) is 0 Å². The fourth-order valence-electron chi connectivity index (χ4n) is 4.14. The van der Waals surface area contributed by atoms with E-state index in [1.54, 1.807) is 0 Å². The molecule has 2 fully saturated rings. The van der Waals surface area contributed by atoms with Gasteiger partial charge in [-0.1, -0.05) is 35.6 Å². The molecule has 2 aliphatic rings. The van der Waals surface area contributed by atoms with E-state index in [1.165, 1.54) is 30.4 Å². The Morgan fingerprint density at radius 3 is 1.81 bits per heavy atom. The number of quaternary nitrogens is 1. The van der Waals surface area contributed by atoms with E-state index in [-0.39, 0.29) is 37.8 Å². The summed E-state index contributed by atoms with van der Waals surface area (Å²) in [5, 5.41) is -0.336.